The van der Waals surface area contributed by atoms with Crippen molar-refractivity contribution in [3.05, 3.63) is 11.7 Å². The van der Waals surface area contributed by atoms with Gasteiger partial charge >= 0.3 is 0 Å². The van der Waals surface area contributed by atoms with Gasteiger partial charge in [0, 0.05) is 12.0 Å². The lowest BCUT2D eigenvalue weighted by molar-refractivity contribution is 0.375. The molecule has 0 amide bonds. The fourth-order valence-electron chi connectivity index (χ4n) is 1.82. The fourth-order valence-corrected chi connectivity index (χ4v) is 2.74. The topological polar surface area (TPSA) is 95.7 Å². The van der Waals surface area contributed by atoms with E-state index in [1.807, 2.05) is 18.4 Å². The summed E-state index contributed by atoms with van der Waals surface area (Å²) in [4.78, 5) is 4.38. The molecule has 1 saturated carbocycles. The van der Waals surface area contributed by atoms with Crippen LogP contribution >= 0.6 is 11.8 Å². The minimum absolute atomic E-state index is 0.227. The number of hydrogen-bond donors (Lipinski definition) is 1. The van der Waals surface area contributed by atoms with E-state index < -0.39 is 0 Å². The predicted octanol–water partition coefficient (Wildman–Crippen LogP) is 1.99. The Labute approximate surface area is 115 Å². The molecule has 1 aliphatic rings. The molecule has 19 heavy (non-hydrogen) atoms. The van der Waals surface area contributed by atoms with Crippen molar-refractivity contribution >= 4 is 17.7 Å². The molecule has 1 aliphatic carbocycles. The van der Waals surface area contributed by atoms with E-state index in [1.165, 1.54) is 11.8 Å². The second kappa shape index (κ2) is 4.84. The Bertz CT molecular complexity index is 574. The number of hydrogen-bond acceptors (Lipinski definition) is 7. The summed E-state index contributed by atoms with van der Waals surface area (Å²) in [6.45, 7) is 4.09. The van der Waals surface area contributed by atoms with E-state index in [-0.39, 0.29) is 6.04 Å². The highest BCUT2D eigenvalue weighted by Crippen LogP contribution is 2.39. The van der Waals surface area contributed by atoms with Gasteiger partial charge in [-0.25, -0.2) is 0 Å². The van der Waals surface area contributed by atoms with Crippen molar-refractivity contribution in [3.63, 3.8) is 0 Å². The third-order valence-corrected chi connectivity index (χ3v) is 3.89. The summed E-state index contributed by atoms with van der Waals surface area (Å²) in [5, 5.41) is 12.7. The van der Waals surface area contributed by atoms with Gasteiger partial charge in [0.25, 0.3) is 0 Å². The van der Waals surface area contributed by atoms with E-state index in [4.69, 9.17) is 10.3 Å². The van der Waals surface area contributed by atoms with Crippen LogP contribution in [0.3, 0.4) is 0 Å². The molecule has 2 aromatic heterocycles. The van der Waals surface area contributed by atoms with Gasteiger partial charge in [-0.3, -0.25) is 4.57 Å². The molecule has 0 spiro atoms. The van der Waals surface area contributed by atoms with Gasteiger partial charge in [0.05, 0.1) is 5.75 Å². The van der Waals surface area contributed by atoms with Crippen LogP contribution < -0.4 is 5.73 Å². The molecule has 2 N–H and O–H groups in total. The summed E-state index contributed by atoms with van der Waals surface area (Å²) in [6.07, 6.45) is 2.32. The number of aromatic nitrogens is 5. The molecule has 0 atom stereocenters. The van der Waals surface area contributed by atoms with Crippen molar-refractivity contribution in [2.24, 2.45) is 0 Å². The number of nitrogens with zero attached hydrogens (tertiary/aromatic N) is 5. The maximum absolute atomic E-state index is 5.79. The Morgan fingerprint density at radius 3 is 2.89 bits per heavy atom. The minimum Gasteiger partial charge on any atom is -0.368 e. The standard InChI is InChI=1S/C11H16N6OS/c1-6(2)17-10(12)14-15-11(17)19-5-8-13-9(18-16-8)7-3-4-7/h6-7H,3-5H2,1-2H3,(H2,12,14). The molecule has 2 aromatic rings. The van der Waals surface area contributed by atoms with E-state index >= 15 is 0 Å². The first kappa shape index (κ1) is 12.5. The average molecular weight is 280 g/mol. The molecule has 0 aliphatic heterocycles. The minimum atomic E-state index is 0.227. The van der Waals surface area contributed by atoms with Gasteiger partial charge in [0.2, 0.25) is 11.8 Å². The maximum Gasteiger partial charge on any atom is 0.229 e. The Balaban J connectivity index is 1.68. The lowest BCUT2D eigenvalue weighted by atomic mass is 10.4. The van der Waals surface area contributed by atoms with Crippen molar-refractivity contribution in [1.82, 2.24) is 24.9 Å². The van der Waals surface area contributed by atoms with Crippen LogP contribution in [0.2, 0.25) is 0 Å². The summed E-state index contributed by atoms with van der Waals surface area (Å²) in [5.41, 5.74) is 5.79. The highest BCUT2D eigenvalue weighted by Gasteiger charge is 2.29. The quantitative estimate of drug-likeness (QED) is 0.836. The van der Waals surface area contributed by atoms with E-state index in [9.17, 15) is 0 Å². The summed E-state index contributed by atoms with van der Waals surface area (Å²) in [7, 11) is 0. The molecule has 0 unspecified atom stereocenters. The second-order valence-electron chi connectivity index (χ2n) is 4.92. The Hall–Kier alpha value is -1.57. The van der Waals surface area contributed by atoms with Gasteiger partial charge in [-0.05, 0) is 26.7 Å². The van der Waals surface area contributed by atoms with Gasteiger partial charge in [-0.1, -0.05) is 16.9 Å². The van der Waals surface area contributed by atoms with E-state index in [0.717, 1.165) is 23.9 Å². The zero-order valence-electron chi connectivity index (χ0n) is 10.9. The molecule has 3 rings (SSSR count). The first-order valence-electron chi connectivity index (χ1n) is 6.31. The molecule has 0 bridgehead atoms. The van der Waals surface area contributed by atoms with E-state index in [1.54, 1.807) is 0 Å². The SMILES string of the molecule is CC(C)n1c(N)nnc1SCc1noc(C2CC2)n1. The van der Waals surface area contributed by atoms with Crippen molar-refractivity contribution in [2.45, 2.75) is 49.6 Å². The molecular formula is C11H16N6OS. The lowest BCUT2D eigenvalue weighted by Crippen LogP contribution is -2.07. The number of nitrogens with two attached hydrogens (primary N) is 1. The normalized spacial score (nSPS) is 15.3. The molecular weight excluding hydrogens is 264 g/mol. The maximum atomic E-state index is 5.79. The van der Waals surface area contributed by atoms with Gasteiger partial charge in [0.15, 0.2) is 11.0 Å². The monoisotopic (exact) mass is 280 g/mol. The van der Waals surface area contributed by atoms with Crippen LogP contribution in [0.4, 0.5) is 5.95 Å². The Morgan fingerprint density at radius 2 is 2.21 bits per heavy atom. The van der Waals surface area contributed by atoms with Crippen molar-refractivity contribution in [1.29, 1.82) is 0 Å². The van der Waals surface area contributed by atoms with Gasteiger partial charge in [-0.15, -0.1) is 10.2 Å². The van der Waals surface area contributed by atoms with Crippen molar-refractivity contribution in [3.8, 4) is 0 Å². The summed E-state index contributed by atoms with van der Waals surface area (Å²) in [5.74, 6) is 3.00. The average Bonchev–Trinajstić information content (AvgIpc) is 2.99. The zero-order valence-corrected chi connectivity index (χ0v) is 11.7. The number of anilines is 1. The highest BCUT2D eigenvalue weighted by molar-refractivity contribution is 7.98. The summed E-state index contributed by atoms with van der Waals surface area (Å²) < 4.78 is 7.11. The summed E-state index contributed by atoms with van der Waals surface area (Å²) >= 11 is 1.52. The molecule has 0 radical (unpaired) electrons. The second-order valence-corrected chi connectivity index (χ2v) is 5.86. The third kappa shape index (κ3) is 2.58. The first-order valence-corrected chi connectivity index (χ1v) is 7.29. The molecule has 0 aromatic carbocycles. The Morgan fingerprint density at radius 1 is 1.42 bits per heavy atom. The van der Waals surface area contributed by atoms with Crippen molar-refractivity contribution < 1.29 is 4.52 Å². The van der Waals surface area contributed by atoms with Gasteiger partial charge in [-0.2, -0.15) is 4.98 Å². The smallest absolute Gasteiger partial charge is 0.229 e. The largest absolute Gasteiger partial charge is 0.368 e. The number of rotatable bonds is 5. The van der Waals surface area contributed by atoms with Crippen LogP contribution in [0, 0.1) is 0 Å². The van der Waals surface area contributed by atoms with Crippen LogP contribution in [0.15, 0.2) is 9.68 Å². The molecule has 8 heteroatoms. The van der Waals surface area contributed by atoms with Crippen molar-refractivity contribution in [2.75, 3.05) is 5.73 Å². The number of thioether (sulfide) groups is 1. The lowest BCUT2D eigenvalue weighted by Gasteiger charge is -2.10. The highest BCUT2D eigenvalue weighted by atomic mass is 32.2. The Kier molecular flexibility index (Phi) is 3.17. The van der Waals surface area contributed by atoms with Crippen LogP contribution in [-0.2, 0) is 5.75 Å². The summed E-state index contributed by atoms with van der Waals surface area (Å²) in [6, 6.07) is 0.227. The predicted molar refractivity (Wildman–Crippen MR) is 70.7 cm³/mol. The molecule has 7 nitrogen and oxygen atoms in total. The van der Waals surface area contributed by atoms with Crippen LogP contribution in [-0.4, -0.2) is 24.9 Å². The van der Waals surface area contributed by atoms with E-state index in [0.29, 0.717) is 23.4 Å². The number of nitrogen functional groups attached to an aromatic ring is 1. The van der Waals surface area contributed by atoms with Gasteiger partial charge in [0.1, 0.15) is 0 Å². The van der Waals surface area contributed by atoms with Crippen LogP contribution in [0.5, 0.6) is 0 Å². The third-order valence-electron chi connectivity index (χ3n) is 2.95. The zero-order chi connectivity index (χ0) is 13.4. The molecule has 0 saturated heterocycles. The fraction of sp³-hybridized carbons (Fsp3) is 0.636. The molecule has 102 valence electrons. The molecule has 2 heterocycles. The van der Waals surface area contributed by atoms with Gasteiger partial charge < -0.3 is 10.3 Å². The molecule has 1 fully saturated rings. The van der Waals surface area contributed by atoms with Crippen LogP contribution in [0.25, 0.3) is 0 Å². The first-order chi connectivity index (χ1) is 9.15. The van der Waals surface area contributed by atoms with Crippen LogP contribution in [0.1, 0.15) is 50.4 Å². The van der Waals surface area contributed by atoms with E-state index in [2.05, 4.69) is 20.3 Å².